The van der Waals surface area contributed by atoms with E-state index >= 15 is 0 Å². The number of carbonyl (C=O) groups excluding carboxylic acids is 3. The lowest BCUT2D eigenvalue weighted by atomic mass is 10.1. The van der Waals surface area contributed by atoms with E-state index in [0.29, 0.717) is 38.3 Å². The van der Waals surface area contributed by atoms with Gasteiger partial charge in [0.2, 0.25) is 11.8 Å². The molecule has 11 nitrogen and oxygen atoms in total. The molecule has 2 saturated heterocycles. The van der Waals surface area contributed by atoms with E-state index in [0.717, 1.165) is 25.3 Å². The Labute approximate surface area is 239 Å². The van der Waals surface area contributed by atoms with Gasteiger partial charge in [0.15, 0.2) is 5.92 Å². The Kier molecular flexibility index (Phi) is 11.9. The minimum atomic E-state index is -0.976. The summed E-state index contributed by atoms with van der Waals surface area (Å²) in [7, 11) is 1.62. The van der Waals surface area contributed by atoms with E-state index in [1.807, 2.05) is 19.1 Å². The van der Waals surface area contributed by atoms with Gasteiger partial charge in [-0.3, -0.25) is 9.59 Å². The maximum absolute atomic E-state index is 13.1. The lowest BCUT2D eigenvalue weighted by Crippen LogP contribution is -2.44. The van der Waals surface area contributed by atoms with Gasteiger partial charge in [0.1, 0.15) is 10.6 Å². The van der Waals surface area contributed by atoms with Crippen molar-refractivity contribution >= 4 is 47.2 Å². The Morgan fingerprint density at radius 2 is 1.95 bits per heavy atom. The molecule has 3 unspecified atom stereocenters. The number of anilines is 2. The third-order valence-electron chi connectivity index (χ3n) is 6.98. The molecule has 0 spiro atoms. The van der Waals surface area contributed by atoms with Crippen LogP contribution in [0, 0.1) is 22.7 Å². The fourth-order valence-corrected chi connectivity index (χ4v) is 6.26. The number of thioether (sulfide) groups is 1. The highest BCUT2D eigenvalue weighted by atomic mass is 32.2. The van der Waals surface area contributed by atoms with Crippen LogP contribution >= 0.6 is 11.8 Å². The maximum Gasteiger partial charge on any atom is 0.319 e. The molecule has 2 aliphatic heterocycles. The average Bonchev–Trinajstić information content (AvgIpc) is 3.26. The van der Waals surface area contributed by atoms with Gasteiger partial charge in [-0.2, -0.15) is 5.26 Å². The Bertz CT molecular complexity index is 1040. The molecule has 0 aromatic heterocycles. The highest BCUT2D eigenvalue weighted by molar-refractivity contribution is 8.01. The number of urea groups is 1. The van der Waals surface area contributed by atoms with E-state index in [9.17, 15) is 19.6 Å². The predicted octanol–water partition coefficient (Wildman–Crippen LogP) is 3.37. The van der Waals surface area contributed by atoms with Crippen LogP contribution in [-0.2, 0) is 9.59 Å². The van der Waals surface area contributed by atoms with Crippen molar-refractivity contribution in [3.05, 3.63) is 24.3 Å². The first-order valence-corrected chi connectivity index (χ1v) is 14.5. The van der Waals surface area contributed by atoms with Crippen LogP contribution in [0.3, 0.4) is 0 Å². The third kappa shape index (κ3) is 8.60. The summed E-state index contributed by atoms with van der Waals surface area (Å²) in [6, 6.07) is 9.13. The van der Waals surface area contributed by atoms with E-state index in [1.165, 1.54) is 42.1 Å². The molecule has 3 rings (SSSR count). The summed E-state index contributed by atoms with van der Waals surface area (Å²) in [5.74, 6) is -1.42. The highest BCUT2D eigenvalue weighted by Crippen LogP contribution is 2.36. The molecule has 2 heterocycles. The van der Waals surface area contributed by atoms with Crippen molar-refractivity contribution in [1.82, 2.24) is 20.0 Å². The number of amides is 4. The number of rotatable bonds is 13. The zero-order chi connectivity index (χ0) is 28.2. The number of carbonyl (C=O) groups is 3. The zero-order valence-corrected chi connectivity index (χ0v) is 23.6. The van der Waals surface area contributed by atoms with Gasteiger partial charge in [-0.1, -0.05) is 6.42 Å². The molecule has 1 aromatic rings. The first-order chi connectivity index (χ1) is 18.9. The number of nitriles is 1. The van der Waals surface area contributed by atoms with Crippen LogP contribution in [0.2, 0.25) is 0 Å². The van der Waals surface area contributed by atoms with E-state index < -0.39 is 16.5 Å². The van der Waals surface area contributed by atoms with Crippen molar-refractivity contribution in [3.8, 4) is 6.07 Å². The standard InChI is InChI=1S/C27H40N8O3S.3H2/c1-3-35-25(37)23(39-26(35)22(18-29)24(36)33(2)14-7-12-28)19-31-20-8-10-21(11-9-20)32-27(38)30-13-17-34-15-5-4-6-16-34;;;/h8-12,22-23,26,28,31H,3-7,13-17,19H2,1-2H3,(H2,30,32,38);3*1H. The fraction of sp³-hybridized carbons (Fsp3) is 0.593. The summed E-state index contributed by atoms with van der Waals surface area (Å²) in [5.41, 5.74) is 1.47. The Balaban J connectivity index is 0.00000560. The molecule has 2 aliphatic rings. The molecule has 12 heteroatoms. The molecule has 4 amide bonds. The Morgan fingerprint density at radius 3 is 2.59 bits per heavy atom. The number of nitrogens with zero attached hydrogens (tertiary/aromatic N) is 4. The van der Waals surface area contributed by atoms with Crippen LogP contribution in [0.5, 0.6) is 0 Å². The number of nitrogens with one attached hydrogen (secondary N) is 4. The average molecular weight is 563 g/mol. The minimum absolute atomic E-state index is 0. The third-order valence-corrected chi connectivity index (χ3v) is 8.48. The molecule has 3 atom stereocenters. The maximum atomic E-state index is 13.1. The molecule has 0 aliphatic carbocycles. The molecule has 218 valence electrons. The molecule has 0 saturated carbocycles. The molecule has 2 fully saturated rings. The van der Waals surface area contributed by atoms with Crippen molar-refractivity contribution in [2.45, 2.75) is 43.2 Å². The van der Waals surface area contributed by atoms with Crippen LogP contribution in [-0.4, -0.2) is 102 Å². The lowest BCUT2D eigenvalue weighted by Gasteiger charge is -2.28. The monoisotopic (exact) mass is 562 g/mol. The van der Waals surface area contributed by atoms with Crippen LogP contribution < -0.4 is 16.0 Å². The van der Waals surface area contributed by atoms with E-state index in [2.05, 4.69) is 26.9 Å². The molecule has 0 bridgehead atoms. The first-order valence-electron chi connectivity index (χ1n) is 13.6. The predicted molar refractivity (Wildman–Crippen MR) is 161 cm³/mol. The van der Waals surface area contributed by atoms with Gasteiger partial charge in [-0.15, -0.1) is 11.8 Å². The van der Waals surface area contributed by atoms with Crippen molar-refractivity contribution in [1.29, 1.82) is 10.7 Å². The summed E-state index contributed by atoms with van der Waals surface area (Å²) in [6.07, 6.45) is 5.38. The van der Waals surface area contributed by atoms with E-state index in [4.69, 9.17) is 5.41 Å². The lowest BCUT2D eigenvalue weighted by molar-refractivity contribution is -0.135. The number of hydrogen-bond acceptors (Lipinski definition) is 8. The van der Waals surface area contributed by atoms with Gasteiger partial charge in [0.05, 0.1) is 6.07 Å². The van der Waals surface area contributed by atoms with Gasteiger partial charge < -0.3 is 36.1 Å². The minimum Gasteiger partial charge on any atom is -0.383 e. The van der Waals surface area contributed by atoms with Crippen molar-refractivity contribution in [2.24, 2.45) is 5.92 Å². The van der Waals surface area contributed by atoms with Crippen molar-refractivity contribution in [2.75, 3.05) is 63.5 Å². The second-order valence-electron chi connectivity index (χ2n) is 9.74. The Morgan fingerprint density at radius 1 is 1.26 bits per heavy atom. The number of benzene rings is 1. The van der Waals surface area contributed by atoms with E-state index in [-0.39, 0.29) is 22.1 Å². The summed E-state index contributed by atoms with van der Waals surface area (Å²) < 4.78 is 0. The molecule has 39 heavy (non-hydrogen) atoms. The molecular formula is C27H46N8O3S. The zero-order valence-electron chi connectivity index (χ0n) is 22.8. The second-order valence-corrected chi connectivity index (χ2v) is 11.1. The van der Waals surface area contributed by atoms with Crippen LogP contribution in [0.4, 0.5) is 16.2 Å². The fourth-order valence-electron chi connectivity index (χ4n) is 4.75. The van der Waals surface area contributed by atoms with Gasteiger partial charge >= 0.3 is 6.03 Å². The second kappa shape index (κ2) is 15.3. The molecular weight excluding hydrogens is 516 g/mol. The largest absolute Gasteiger partial charge is 0.383 e. The van der Waals surface area contributed by atoms with Crippen molar-refractivity contribution < 1.29 is 18.7 Å². The van der Waals surface area contributed by atoms with Gasteiger partial charge in [-0.25, -0.2) is 4.79 Å². The van der Waals surface area contributed by atoms with Crippen LogP contribution in [0.25, 0.3) is 0 Å². The molecule has 4 N–H and O–H groups in total. The normalized spacial score (nSPS) is 20.1. The number of likely N-dealkylation sites (tertiary alicyclic amines) is 1. The number of piperidine rings is 1. The van der Waals surface area contributed by atoms with Gasteiger partial charge in [0, 0.05) is 55.4 Å². The summed E-state index contributed by atoms with van der Waals surface area (Å²) in [5, 5.41) is 25.0. The number of hydrogen-bond donors (Lipinski definition) is 4. The first kappa shape index (κ1) is 30.2. The SMILES string of the molecule is CCN1C(=O)C(CNc2ccc(NC(=O)NCCN3CCCCC3)cc2)SC1C(C#N)C(=O)N(C)CCC=N.[HH].[HH].[HH]. The smallest absolute Gasteiger partial charge is 0.319 e. The summed E-state index contributed by atoms with van der Waals surface area (Å²) in [6.45, 7) is 6.60. The quantitative estimate of drug-likeness (QED) is 0.270. The molecule has 0 radical (unpaired) electrons. The molecule has 1 aromatic carbocycles. The summed E-state index contributed by atoms with van der Waals surface area (Å²) >= 11 is 1.33. The highest BCUT2D eigenvalue weighted by Gasteiger charge is 2.46. The van der Waals surface area contributed by atoms with Crippen molar-refractivity contribution in [3.63, 3.8) is 0 Å². The van der Waals surface area contributed by atoms with Crippen LogP contribution in [0.1, 0.15) is 36.9 Å². The Hall–Kier alpha value is -3.30. The van der Waals surface area contributed by atoms with Crippen LogP contribution in [0.15, 0.2) is 24.3 Å². The van der Waals surface area contributed by atoms with Gasteiger partial charge in [0.25, 0.3) is 0 Å². The topological polar surface area (TPSA) is 145 Å². The van der Waals surface area contributed by atoms with Gasteiger partial charge in [-0.05, 0) is 69.8 Å². The summed E-state index contributed by atoms with van der Waals surface area (Å²) in [4.78, 5) is 43.6. The van der Waals surface area contributed by atoms with E-state index in [1.54, 1.807) is 24.1 Å².